The first-order valence-corrected chi connectivity index (χ1v) is 4.57. The zero-order chi connectivity index (χ0) is 9.47. The number of fused-ring (bicyclic) bond motifs is 1. The van der Waals surface area contributed by atoms with Crippen LogP contribution in [0.25, 0.3) is 10.9 Å². The molecule has 0 bridgehead atoms. The van der Waals surface area contributed by atoms with Gasteiger partial charge in [-0.2, -0.15) is 0 Å². The van der Waals surface area contributed by atoms with Gasteiger partial charge in [0, 0.05) is 22.0 Å². The van der Waals surface area contributed by atoms with E-state index in [1.807, 2.05) is 12.1 Å². The largest absolute Gasteiger partial charge is 0.358 e. The van der Waals surface area contributed by atoms with Gasteiger partial charge in [0.1, 0.15) is 0 Å². The number of hydrogen-bond donors (Lipinski definition) is 1. The summed E-state index contributed by atoms with van der Waals surface area (Å²) >= 11 is 0. The van der Waals surface area contributed by atoms with Crippen molar-refractivity contribution in [2.45, 2.75) is 26.2 Å². The summed E-state index contributed by atoms with van der Waals surface area (Å²) in [5.74, 6) is 0. The Bertz CT molecular complexity index is 385. The molecule has 13 heavy (non-hydrogen) atoms. The van der Waals surface area contributed by atoms with Gasteiger partial charge >= 0.3 is 0 Å². The summed E-state index contributed by atoms with van der Waals surface area (Å²) in [5.41, 5.74) is 2.67. The fourth-order valence-corrected chi connectivity index (χ4v) is 1.42. The lowest BCUT2D eigenvalue weighted by molar-refractivity contribution is 0.574. The Morgan fingerprint density at radius 2 is 2.08 bits per heavy atom. The molecule has 0 atom stereocenters. The molecule has 0 fully saturated rings. The number of hydrogen-bond acceptors (Lipinski definition) is 0. The molecular formula is C12H14N. The molecule has 0 spiro atoms. The minimum atomic E-state index is 0.193. The Morgan fingerprint density at radius 1 is 1.31 bits per heavy atom. The number of aromatic amines is 1. The molecule has 0 aliphatic heterocycles. The second kappa shape index (κ2) is 2.63. The Kier molecular flexibility index (Phi) is 1.69. The highest BCUT2D eigenvalue weighted by molar-refractivity contribution is 5.80. The van der Waals surface area contributed by atoms with Gasteiger partial charge < -0.3 is 4.98 Å². The third-order valence-corrected chi connectivity index (χ3v) is 2.27. The van der Waals surface area contributed by atoms with Crippen LogP contribution in [0.5, 0.6) is 0 Å². The molecule has 1 N–H and O–H groups in total. The van der Waals surface area contributed by atoms with E-state index >= 15 is 0 Å². The number of benzene rings is 1. The van der Waals surface area contributed by atoms with Crippen LogP contribution in [-0.4, -0.2) is 4.98 Å². The van der Waals surface area contributed by atoms with Crippen LogP contribution in [0.3, 0.4) is 0 Å². The summed E-state index contributed by atoms with van der Waals surface area (Å²) in [7, 11) is 0. The van der Waals surface area contributed by atoms with E-state index in [0.717, 1.165) is 0 Å². The van der Waals surface area contributed by atoms with Crippen LogP contribution in [0.1, 0.15) is 26.5 Å². The molecule has 0 saturated carbocycles. The summed E-state index contributed by atoms with van der Waals surface area (Å²) in [5, 5.41) is 1.24. The molecule has 2 aromatic rings. The average molecular weight is 172 g/mol. The highest BCUT2D eigenvalue weighted by atomic mass is 14.7. The van der Waals surface area contributed by atoms with Crippen LogP contribution in [0.15, 0.2) is 24.3 Å². The third kappa shape index (κ3) is 1.46. The van der Waals surface area contributed by atoms with Crippen LogP contribution >= 0.6 is 0 Å². The van der Waals surface area contributed by atoms with Crippen molar-refractivity contribution < 1.29 is 0 Å². The van der Waals surface area contributed by atoms with Crippen molar-refractivity contribution in [3.63, 3.8) is 0 Å². The zero-order valence-electron chi connectivity index (χ0n) is 8.31. The number of nitrogens with one attached hydrogen (secondary N) is 1. The van der Waals surface area contributed by atoms with Crippen molar-refractivity contribution in [3.8, 4) is 0 Å². The van der Waals surface area contributed by atoms with E-state index < -0.39 is 0 Å². The quantitative estimate of drug-likeness (QED) is 0.627. The Morgan fingerprint density at radius 3 is 2.69 bits per heavy atom. The lowest BCUT2D eigenvalue weighted by atomic mass is 9.92. The molecule has 1 nitrogen and oxygen atoms in total. The van der Waals surface area contributed by atoms with Gasteiger partial charge in [0.25, 0.3) is 0 Å². The molecular weight excluding hydrogens is 158 g/mol. The lowest BCUT2D eigenvalue weighted by Crippen LogP contribution is -2.10. The molecule has 0 aliphatic rings. The molecule has 0 amide bonds. The summed E-state index contributed by atoms with van der Waals surface area (Å²) in [6.45, 7) is 6.63. The van der Waals surface area contributed by atoms with Crippen LogP contribution in [0, 0.1) is 6.07 Å². The lowest BCUT2D eigenvalue weighted by Gasteiger charge is -2.15. The Balaban J connectivity index is 2.63. The van der Waals surface area contributed by atoms with Gasteiger partial charge in [-0.15, -0.1) is 0 Å². The Labute approximate surface area is 78.8 Å². The van der Waals surface area contributed by atoms with Crippen molar-refractivity contribution in [3.05, 3.63) is 36.0 Å². The molecule has 67 valence electrons. The van der Waals surface area contributed by atoms with Crippen molar-refractivity contribution in [2.24, 2.45) is 0 Å². The minimum Gasteiger partial charge on any atom is -0.358 e. The molecule has 1 heterocycles. The fourth-order valence-electron chi connectivity index (χ4n) is 1.42. The molecule has 1 aromatic carbocycles. The molecule has 0 aliphatic carbocycles. The molecule has 2 rings (SSSR count). The monoisotopic (exact) mass is 172 g/mol. The first-order valence-electron chi connectivity index (χ1n) is 4.57. The van der Waals surface area contributed by atoms with E-state index in [9.17, 15) is 0 Å². The van der Waals surface area contributed by atoms with Crippen molar-refractivity contribution in [1.82, 2.24) is 4.98 Å². The number of rotatable bonds is 0. The summed E-state index contributed by atoms with van der Waals surface area (Å²) in [6.07, 6.45) is 0. The van der Waals surface area contributed by atoms with Gasteiger partial charge in [-0.3, -0.25) is 0 Å². The second-order valence-electron chi connectivity index (χ2n) is 4.45. The van der Waals surface area contributed by atoms with Gasteiger partial charge in [-0.05, 0) is 24.3 Å². The van der Waals surface area contributed by atoms with Crippen LogP contribution in [-0.2, 0) is 5.41 Å². The van der Waals surface area contributed by atoms with E-state index in [2.05, 4.69) is 44.0 Å². The molecule has 0 unspecified atom stereocenters. The van der Waals surface area contributed by atoms with Crippen molar-refractivity contribution in [1.29, 1.82) is 0 Å². The molecule has 1 aromatic heterocycles. The topological polar surface area (TPSA) is 15.8 Å². The van der Waals surface area contributed by atoms with Crippen LogP contribution < -0.4 is 0 Å². The van der Waals surface area contributed by atoms with Gasteiger partial charge in [0.2, 0.25) is 0 Å². The van der Waals surface area contributed by atoms with Crippen molar-refractivity contribution in [2.75, 3.05) is 0 Å². The van der Waals surface area contributed by atoms with E-state index in [0.29, 0.717) is 0 Å². The van der Waals surface area contributed by atoms with E-state index in [-0.39, 0.29) is 5.41 Å². The van der Waals surface area contributed by atoms with Gasteiger partial charge in [-0.25, -0.2) is 0 Å². The van der Waals surface area contributed by atoms with E-state index in [4.69, 9.17) is 0 Å². The average Bonchev–Trinajstić information content (AvgIpc) is 2.45. The van der Waals surface area contributed by atoms with Gasteiger partial charge in [0.15, 0.2) is 0 Å². The maximum absolute atomic E-state index is 3.42. The number of aromatic nitrogens is 1. The highest BCUT2D eigenvalue weighted by Crippen LogP contribution is 2.25. The second-order valence-corrected chi connectivity index (χ2v) is 4.45. The van der Waals surface area contributed by atoms with Gasteiger partial charge in [0.05, 0.1) is 0 Å². The number of H-pyrrole nitrogens is 1. The zero-order valence-corrected chi connectivity index (χ0v) is 8.31. The highest BCUT2D eigenvalue weighted by Gasteiger charge is 2.15. The van der Waals surface area contributed by atoms with Crippen molar-refractivity contribution >= 4 is 10.9 Å². The normalized spacial score (nSPS) is 12.2. The molecule has 1 radical (unpaired) electrons. The summed E-state index contributed by atoms with van der Waals surface area (Å²) in [4.78, 5) is 3.42. The molecule has 0 saturated heterocycles. The first kappa shape index (κ1) is 8.36. The Hall–Kier alpha value is -1.24. The fraction of sp³-hybridized carbons (Fsp3) is 0.333. The van der Waals surface area contributed by atoms with Crippen LogP contribution in [0.2, 0.25) is 0 Å². The summed E-state index contributed by atoms with van der Waals surface area (Å²) in [6, 6.07) is 11.3. The summed E-state index contributed by atoms with van der Waals surface area (Å²) < 4.78 is 0. The predicted molar refractivity (Wildman–Crippen MR) is 55.8 cm³/mol. The standard InChI is InChI=1S/C12H14N/c1-12(2,3)11-8-9-6-4-5-7-10(9)13-11/h5-8,13H,1-3H3. The maximum Gasteiger partial charge on any atom is 0.0456 e. The first-order chi connectivity index (χ1) is 6.07. The molecule has 1 heteroatoms. The minimum absolute atomic E-state index is 0.193. The van der Waals surface area contributed by atoms with Crippen LogP contribution in [0.4, 0.5) is 0 Å². The van der Waals surface area contributed by atoms with E-state index in [1.54, 1.807) is 0 Å². The third-order valence-electron chi connectivity index (χ3n) is 2.27. The maximum atomic E-state index is 3.42. The predicted octanol–water partition coefficient (Wildman–Crippen LogP) is 3.27. The van der Waals surface area contributed by atoms with E-state index in [1.165, 1.54) is 16.6 Å². The van der Waals surface area contributed by atoms with Gasteiger partial charge in [-0.1, -0.05) is 26.8 Å². The SMILES string of the molecule is CC(C)(C)c1cc2c[c]ccc2[nH]1. The smallest absolute Gasteiger partial charge is 0.0456 e.